The fourth-order valence-corrected chi connectivity index (χ4v) is 5.54. The number of fused-ring (bicyclic) bond motifs is 1. The number of nitrogens with zero attached hydrogens (tertiary/aromatic N) is 2. The Hall–Kier alpha value is -2.42. The zero-order chi connectivity index (χ0) is 23.0. The molecule has 0 unspecified atom stereocenters. The van der Waals surface area contributed by atoms with E-state index in [-0.39, 0.29) is 18.0 Å². The van der Waals surface area contributed by atoms with Crippen LogP contribution in [-0.2, 0) is 12.1 Å². The smallest absolute Gasteiger partial charge is 0.289 e. The molecule has 3 heterocycles. The minimum atomic E-state index is -1.04. The van der Waals surface area contributed by atoms with Gasteiger partial charge in [-0.15, -0.1) is 0 Å². The lowest BCUT2D eigenvalue weighted by Crippen LogP contribution is -2.42. The highest BCUT2D eigenvalue weighted by molar-refractivity contribution is 7.99. The largest absolute Gasteiger partial charge is 0.451 e. The van der Waals surface area contributed by atoms with Crippen LogP contribution in [-0.4, -0.2) is 58.5 Å². The number of carbonyl (C=O) groups is 1. The Morgan fingerprint density at radius 1 is 1.03 bits per heavy atom. The molecule has 0 spiro atoms. The second-order valence-corrected chi connectivity index (χ2v) is 10.0. The molecular weight excluding hydrogens is 446 g/mol. The molecule has 5 rings (SSSR count). The van der Waals surface area contributed by atoms with E-state index in [9.17, 15) is 18.7 Å². The third-order valence-electron chi connectivity index (χ3n) is 6.69. The van der Waals surface area contributed by atoms with Crippen molar-refractivity contribution in [3.63, 3.8) is 0 Å². The highest BCUT2D eigenvalue weighted by Crippen LogP contribution is 2.36. The fraction of sp³-hybridized carbons (Fsp3) is 0.400. The maximum absolute atomic E-state index is 14.0. The van der Waals surface area contributed by atoms with Crippen molar-refractivity contribution < 1.29 is 23.1 Å². The minimum absolute atomic E-state index is 0.0623. The average Bonchev–Trinajstić information content (AvgIpc) is 3.26. The molecule has 33 heavy (non-hydrogen) atoms. The van der Waals surface area contributed by atoms with Crippen LogP contribution in [0.25, 0.3) is 11.0 Å². The Morgan fingerprint density at radius 3 is 2.42 bits per heavy atom. The molecule has 2 aromatic carbocycles. The molecule has 0 saturated carbocycles. The number of piperidine rings is 1. The van der Waals surface area contributed by atoms with E-state index in [1.54, 1.807) is 12.1 Å². The summed E-state index contributed by atoms with van der Waals surface area (Å²) in [7, 11) is 0. The van der Waals surface area contributed by atoms with Gasteiger partial charge in [-0.2, -0.15) is 11.8 Å². The van der Waals surface area contributed by atoms with Crippen molar-refractivity contribution in [2.45, 2.75) is 25.0 Å². The quantitative estimate of drug-likeness (QED) is 0.611. The number of furan rings is 1. The molecule has 0 atom stereocenters. The number of benzene rings is 2. The molecule has 0 bridgehead atoms. The van der Waals surface area contributed by atoms with Crippen molar-refractivity contribution in [3.8, 4) is 0 Å². The van der Waals surface area contributed by atoms with Crippen molar-refractivity contribution in [2.75, 3.05) is 37.7 Å². The molecule has 1 aromatic heterocycles. The average molecular weight is 473 g/mol. The Labute approximate surface area is 195 Å². The molecule has 174 valence electrons. The van der Waals surface area contributed by atoms with Gasteiger partial charge in [0.05, 0.1) is 5.60 Å². The molecule has 2 fully saturated rings. The van der Waals surface area contributed by atoms with Gasteiger partial charge >= 0.3 is 0 Å². The predicted octanol–water partition coefficient (Wildman–Crippen LogP) is 4.38. The van der Waals surface area contributed by atoms with Gasteiger partial charge in [-0.1, -0.05) is 12.1 Å². The molecule has 1 amide bonds. The lowest BCUT2D eigenvalue weighted by Gasteiger charge is -2.38. The van der Waals surface area contributed by atoms with E-state index in [0.29, 0.717) is 37.3 Å². The number of thioether (sulfide) groups is 1. The molecule has 8 heteroatoms. The highest BCUT2D eigenvalue weighted by Gasteiger charge is 2.35. The molecule has 2 saturated heterocycles. The fourth-order valence-electron chi connectivity index (χ4n) is 4.64. The molecule has 0 radical (unpaired) electrons. The number of likely N-dealkylation sites (tertiary alicyclic amines) is 1. The minimum Gasteiger partial charge on any atom is -0.451 e. The normalized spacial score (nSPS) is 19.2. The molecule has 1 N–H and O–H groups in total. The van der Waals surface area contributed by atoms with Crippen molar-refractivity contribution in [2.24, 2.45) is 0 Å². The van der Waals surface area contributed by atoms with Gasteiger partial charge in [0, 0.05) is 55.2 Å². The first-order chi connectivity index (χ1) is 15.9. The highest BCUT2D eigenvalue weighted by atomic mass is 32.2. The summed E-state index contributed by atoms with van der Waals surface area (Å²) in [5.74, 6) is 1.00. The lowest BCUT2D eigenvalue weighted by atomic mass is 9.84. The molecule has 3 aromatic rings. The van der Waals surface area contributed by atoms with Gasteiger partial charge in [0.2, 0.25) is 0 Å². The van der Waals surface area contributed by atoms with E-state index in [1.165, 1.54) is 18.2 Å². The van der Waals surface area contributed by atoms with Gasteiger partial charge < -0.3 is 14.4 Å². The van der Waals surface area contributed by atoms with E-state index in [2.05, 4.69) is 0 Å². The standard InChI is InChI=1S/C25H26F2N2O3S/c26-20-2-1-3-21(27)19(20)16-28-8-6-25(31,7-9-28)18-4-5-22-17(14-18)15-23(32-22)24(30)29-10-12-33-13-11-29/h1-5,14-15,31H,6-13,16H2. The lowest BCUT2D eigenvalue weighted by molar-refractivity contribution is -0.0280. The number of hydrogen-bond donors (Lipinski definition) is 1. The summed E-state index contributed by atoms with van der Waals surface area (Å²) >= 11 is 1.84. The number of aliphatic hydroxyl groups is 1. The van der Waals surface area contributed by atoms with Crippen LogP contribution in [0.2, 0.25) is 0 Å². The van der Waals surface area contributed by atoms with Crippen LogP contribution in [0.1, 0.15) is 34.5 Å². The van der Waals surface area contributed by atoms with E-state index < -0.39 is 17.2 Å². The first-order valence-corrected chi connectivity index (χ1v) is 12.4. The molecule has 5 nitrogen and oxygen atoms in total. The van der Waals surface area contributed by atoms with Crippen LogP contribution in [0.3, 0.4) is 0 Å². The van der Waals surface area contributed by atoms with E-state index >= 15 is 0 Å². The summed E-state index contributed by atoms with van der Waals surface area (Å²) < 4.78 is 33.8. The van der Waals surface area contributed by atoms with Crippen molar-refractivity contribution >= 4 is 28.6 Å². The van der Waals surface area contributed by atoms with Gasteiger partial charge in [-0.05, 0) is 48.7 Å². The van der Waals surface area contributed by atoms with E-state index in [1.807, 2.05) is 33.7 Å². The van der Waals surface area contributed by atoms with Gasteiger partial charge in [0.15, 0.2) is 5.76 Å². The maximum atomic E-state index is 14.0. The summed E-state index contributed by atoms with van der Waals surface area (Å²) in [5.41, 5.74) is 0.405. The van der Waals surface area contributed by atoms with Crippen molar-refractivity contribution in [3.05, 3.63) is 71.0 Å². The summed E-state index contributed by atoms with van der Waals surface area (Å²) in [6, 6.07) is 11.2. The second-order valence-electron chi connectivity index (χ2n) is 8.78. The Bertz CT molecular complexity index is 1150. The Kier molecular flexibility index (Phi) is 6.16. The number of halogens is 2. The zero-order valence-corrected chi connectivity index (χ0v) is 19.0. The van der Waals surface area contributed by atoms with Crippen molar-refractivity contribution in [1.29, 1.82) is 0 Å². The molecule has 2 aliphatic rings. The van der Waals surface area contributed by atoms with Crippen LogP contribution >= 0.6 is 11.8 Å². The summed E-state index contributed by atoms with van der Waals surface area (Å²) in [5, 5.41) is 12.1. The van der Waals surface area contributed by atoms with Gasteiger partial charge in [-0.25, -0.2) is 8.78 Å². The first-order valence-electron chi connectivity index (χ1n) is 11.2. The third-order valence-corrected chi connectivity index (χ3v) is 7.63. The van der Waals surface area contributed by atoms with Crippen LogP contribution in [0.15, 0.2) is 46.9 Å². The molecule has 2 aliphatic heterocycles. The van der Waals surface area contributed by atoms with Crippen LogP contribution in [0.4, 0.5) is 8.78 Å². The molecular formula is C25H26F2N2O3S. The summed E-state index contributed by atoms with van der Waals surface area (Å²) in [6.07, 6.45) is 0.896. The first kappa shape index (κ1) is 22.4. The monoisotopic (exact) mass is 472 g/mol. The van der Waals surface area contributed by atoms with Crippen molar-refractivity contribution in [1.82, 2.24) is 9.80 Å². The zero-order valence-electron chi connectivity index (χ0n) is 18.2. The van der Waals surface area contributed by atoms with Crippen LogP contribution < -0.4 is 0 Å². The molecule has 0 aliphatic carbocycles. The number of carbonyl (C=O) groups excluding carboxylic acids is 1. The summed E-state index contributed by atoms with van der Waals surface area (Å²) in [6.45, 7) is 2.66. The number of rotatable bonds is 4. The van der Waals surface area contributed by atoms with E-state index in [4.69, 9.17) is 4.42 Å². The predicted molar refractivity (Wildman–Crippen MR) is 124 cm³/mol. The SMILES string of the molecule is O=C(c1cc2cc(C3(O)CCN(Cc4c(F)cccc4F)CC3)ccc2o1)N1CCSCC1. The summed E-state index contributed by atoms with van der Waals surface area (Å²) in [4.78, 5) is 16.5. The van der Waals surface area contributed by atoms with Gasteiger partial charge in [0.1, 0.15) is 17.2 Å². The van der Waals surface area contributed by atoms with E-state index in [0.717, 1.165) is 35.5 Å². The van der Waals surface area contributed by atoms with Gasteiger partial charge in [-0.3, -0.25) is 9.69 Å². The topological polar surface area (TPSA) is 56.9 Å². The number of hydrogen-bond acceptors (Lipinski definition) is 5. The maximum Gasteiger partial charge on any atom is 0.289 e. The van der Waals surface area contributed by atoms with Gasteiger partial charge in [0.25, 0.3) is 5.91 Å². The Balaban J connectivity index is 1.29. The van der Waals surface area contributed by atoms with Crippen LogP contribution in [0, 0.1) is 11.6 Å². The second kappa shape index (κ2) is 9.08. The Morgan fingerprint density at radius 2 is 1.73 bits per heavy atom. The van der Waals surface area contributed by atoms with Crippen LogP contribution in [0.5, 0.6) is 0 Å². The third kappa shape index (κ3) is 4.52. The number of amides is 1.